The van der Waals surface area contributed by atoms with Crippen molar-refractivity contribution in [2.24, 2.45) is 4.99 Å². The summed E-state index contributed by atoms with van der Waals surface area (Å²) in [4.78, 5) is 33.6. The highest BCUT2D eigenvalue weighted by Gasteiger charge is 2.36. The fourth-order valence-corrected chi connectivity index (χ4v) is 6.47. The minimum atomic E-state index is -0.781. The monoisotopic (exact) mass is 612 g/mol. The zero-order valence-corrected chi connectivity index (χ0v) is 26.8. The molecule has 0 N–H and O–H groups in total. The number of fused-ring (bicyclic) bond motifs is 1. The number of carbonyl (C=O) groups excluding carboxylic acids is 1. The highest BCUT2D eigenvalue weighted by Crippen LogP contribution is 2.40. The summed E-state index contributed by atoms with van der Waals surface area (Å²) in [5.74, 6) is 1.52. The fraction of sp³-hybridized carbons (Fsp3) is 0.286. The molecule has 44 heavy (non-hydrogen) atoms. The molecule has 4 aromatic rings. The Bertz CT molecular complexity index is 1920. The van der Waals surface area contributed by atoms with E-state index >= 15 is 0 Å². The van der Waals surface area contributed by atoms with E-state index in [1.54, 1.807) is 45.0 Å². The normalized spacial score (nSPS) is 14.7. The Morgan fingerprint density at radius 3 is 2.32 bits per heavy atom. The summed E-state index contributed by atoms with van der Waals surface area (Å²) in [6, 6.07) is 18.2. The molecule has 1 aliphatic rings. The van der Waals surface area contributed by atoms with E-state index in [9.17, 15) is 9.59 Å². The molecule has 1 unspecified atom stereocenters. The van der Waals surface area contributed by atoms with Crippen LogP contribution in [0.4, 0.5) is 0 Å². The van der Waals surface area contributed by atoms with Crippen LogP contribution in [0.5, 0.6) is 17.2 Å². The van der Waals surface area contributed by atoms with Crippen molar-refractivity contribution in [3.8, 4) is 17.2 Å². The highest BCUT2D eigenvalue weighted by molar-refractivity contribution is 7.07. The Kier molecular flexibility index (Phi) is 9.06. The van der Waals surface area contributed by atoms with Crippen LogP contribution in [0.2, 0.25) is 0 Å². The van der Waals surface area contributed by atoms with Crippen LogP contribution in [0.1, 0.15) is 60.5 Å². The third kappa shape index (κ3) is 5.67. The summed E-state index contributed by atoms with van der Waals surface area (Å²) in [6.45, 7) is 8.09. The number of esters is 1. The van der Waals surface area contributed by atoms with Crippen LogP contribution >= 0.6 is 11.3 Å². The molecule has 8 nitrogen and oxygen atoms in total. The van der Waals surface area contributed by atoms with Crippen LogP contribution in [0, 0.1) is 6.92 Å². The number of aryl methyl sites for hydroxylation is 1. The van der Waals surface area contributed by atoms with Crippen molar-refractivity contribution in [2.75, 3.05) is 27.9 Å². The van der Waals surface area contributed by atoms with Gasteiger partial charge in [-0.05, 0) is 72.4 Å². The first kappa shape index (κ1) is 30.8. The lowest BCUT2D eigenvalue weighted by molar-refractivity contribution is -0.138. The second-order valence-electron chi connectivity index (χ2n) is 10.7. The fourth-order valence-electron chi connectivity index (χ4n) is 5.47. The van der Waals surface area contributed by atoms with E-state index in [0.29, 0.717) is 32.1 Å². The van der Waals surface area contributed by atoms with Crippen LogP contribution in [-0.2, 0) is 9.53 Å². The lowest BCUT2D eigenvalue weighted by Gasteiger charge is -2.28. The van der Waals surface area contributed by atoms with Gasteiger partial charge in [-0.3, -0.25) is 9.36 Å². The van der Waals surface area contributed by atoms with Gasteiger partial charge in [0.25, 0.3) is 5.56 Å². The number of hydrogen-bond donors (Lipinski definition) is 0. The van der Waals surface area contributed by atoms with Crippen molar-refractivity contribution in [1.82, 2.24) is 4.57 Å². The van der Waals surface area contributed by atoms with Crippen molar-refractivity contribution in [3.05, 3.63) is 114 Å². The number of carbonyl (C=O) groups is 1. The zero-order chi connectivity index (χ0) is 31.5. The quantitative estimate of drug-likeness (QED) is 0.236. The number of thiazole rings is 1. The maximum absolute atomic E-state index is 14.3. The molecular weight excluding hydrogens is 576 g/mol. The van der Waals surface area contributed by atoms with Crippen molar-refractivity contribution >= 4 is 29.1 Å². The Labute approximate surface area is 260 Å². The molecule has 1 aromatic heterocycles. The van der Waals surface area contributed by atoms with E-state index < -0.39 is 12.0 Å². The molecule has 0 spiro atoms. The van der Waals surface area contributed by atoms with Gasteiger partial charge in [-0.2, -0.15) is 0 Å². The molecule has 0 saturated carbocycles. The number of ether oxygens (including phenoxy) is 4. The van der Waals surface area contributed by atoms with Crippen LogP contribution in [0.15, 0.2) is 76.0 Å². The first-order chi connectivity index (χ1) is 21.2. The van der Waals surface area contributed by atoms with Crippen LogP contribution in [0.25, 0.3) is 11.8 Å². The summed E-state index contributed by atoms with van der Waals surface area (Å²) in [7, 11) is 4.79. The molecule has 0 bridgehead atoms. The van der Waals surface area contributed by atoms with Gasteiger partial charge in [0.05, 0.1) is 49.8 Å². The van der Waals surface area contributed by atoms with E-state index in [-0.39, 0.29) is 18.1 Å². The highest BCUT2D eigenvalue weighted by atomic mass is 32.1. The zero-order valence-electron chi connectivity index (χ0n) is 26.0. The molecule has 0 radical (unpaired) electrons. The molecular formula is C35H36N2O6S. The smallest absolute Gasteiger partial charge is 0.338 e. The first-order valence-corrected chi connectivity index (χ1v) is 15.2. The van der Waals surface area contributed by atoms with Crippen molar-refractivity contribution in [3.63, 3.8) is 0 Å². The molecule has 0 saturated heterocycles. The van der Waals surface area contributed by atoms with Gasteiger partial charge in [0.1, 0.15) is 5.75 Å². The third-order valence-electron chi connectivity index (χ3n) is 7.61. The summed E-state index contributed by atoms with van der Waals surface area (Å²) >= 11 is 1.27. The topological polar surface area (TPSA) is 88.4 Å². The van der Waals surface area contributed by atoms with Gasteiger partial charge in [0.2, 0.25) is 0 Å². The van der Waals surface area contributed by atoms with E-state index in [1.807, 2.05) is 61.5 Å². The van der Waals surface area contributed by atoms with Gasteiger partial charge < -0.3 is 18.9 Å². The Morgan fingerprint density at radius 2 is 1.68 bits per heavy atom. The number of nitrogens with zero attached hydrogens (tertiary/aromatic N) is 2. The lowest BCUT2D eigenvalue weighted by atomic mass is 9.87. The minimum Gasteiger partial charge on any atom is -0.496 e. The Hall–Kier alpha value is -4.63. The van der Waals surface area contributed by atoms with E-state index in [4.69, 9.17) is 23.9 Å². The van der Waals surface area contributed by atoms with Gasteiger partial charge in [-0.25, -0.2) is 9.79 Å². The van der Waals surface area contributed by atoms with Crippen LogP contribution in [0.3, 0.4) is 0 Å². The molecule has 0 fully saturated rings. The summed E-state index contributed by atoms with van der Waals surface area (Å²) in [5, 5.41) is 0. The van der Waals surface area contributed by atoms with E-state index in [2.05, 4.69) is 13.8 Å². The van der Waals surface area contributed by atoms with Crippen molar-refractivity contribution in [1.29, 1.82) is 0 Å². The lowest BCUT2D eigenvalue weighted by Crippen LogP contribution is -2.40. The standard InChI is InChI=1S/C35H36N2O6S/c1-8-43-34(39)30-31(23-12-10-9-11-13-23)36-35-37(32(30)25-19-24(20(2)3)27(41-6)16-21(25)4)33(38)29(44-35)18-22-14-15-26(40-5)28(17-22)42-7/h9-20,32H,8H2,1-7H3. The number of rotatable bonds is 9. The van der Waals surface area contributed by atoms with Crippen molar-refractivity contribution in [2.45, 2.75) is 39.7 Å². The molecule has 228 valence electrons. The summed E-state index contributed by atoms with van der Waals surface area (Å²) in [5.41, 5.74) is 4.71. The maximum Gasteiger partial charge on any atom is 0.338 e. The van der Waals surface area contributed by atoms with E-state index in [1.165, 1.54) is 11.3 Å². The first-order valence-electron chi connectivity index (χ1n) is 14.4. The Balaban J connectivity index is 1.86. The molecule has 0 aliphatic carbocycles. The second-order valence-corrected chi connectivity index (χ2v) is 11.7. The molecule has 5 rings (SSSR count). The molecule has 3 aromatic carbocycles. The van der Waals surface area contributed by atoms with Gasteiger partial charge in [0.15, 0.2) is 16.3 Å². The predicted molar refractivity (Wildman–Crippen MR) is 172 cm³/mol. The summed E-state index contributed by atoms with van der Waals surface area (Å²) in [6.07, 6.45) is 1.81. The molecule has 2 heterocycles. The van der Waals surface area contributed by atoms with Crippen LogP contribution in [-0.4, -0.2) is 38.5 Å². The second kappa shape index (κ2) is 12.9. The SMILES string of the molecule is CCOC(=O)C1=C(c2ccccc2)N=c2sc(=Cc3ccc(OC)c(OC)c3)c(=O)n2C1c1cc(C(C)C)c(OC)cc1C. The number of hydrogen-bond acceptors (Lipinski definition) is 8. The van der Waals surface area contributed by atoms with Crippen molar-refractivity contribution < 1.29 is 23.7 Å². The minimum absolute atomic E-state index is 0.133. The molecule has 9 heteroatoms. The Morgan fingerprint density at radius 1 is 0.977 bits per heavy atom. The van der Waals surface area contributed by atoms with Crippen LogP contribution < -0.4 is 29.1 Å². The number of benzene rings is 3. The average molecular weight is 613 g/mol. The van der Waals surface area contributed by atoms with Gasteiger partial charge in [-0.1, -0.05) is 61.6 Å². The predicted octanol–water partition coefficient (Wildman–Crippen LogP) is 5.39. The number of aromatic nitrogens is 1. The van der Waals surface area contributed by atoms with Gasteiger partial charge in [-0.15, -0.1) is 0 Å². The van der Waals surface area contributed by atoms with Gasteiger partial charge in [0, 0.05) is 5.56 Å². The number of methoxy groups -OCH3 is 3. The van der Waals surface area contributed by atoms with Gasteiger partial charge >= 0.3 is 5.97 Å². The molecule has 0 amide bonds. The largest absolute Gasteiger partial charge is 0.496 e. The third-order valence-corrected chi connectivity index (χ3v) is 8.60. The molecule has 1 atom stereocenters. The maximum atomic E-state index is 14.3. The van der Waals surface area contributed by atoms with E-state index in [0.717, 1.165) is 33.6 Å². The summed E-state index contributed by atoms with van der Waals surface area (Å²) < 4.78 is 24.3. The average Bonchev–Trinajstić information content (AvgIpc) is 3.34. The molecule has 1 aliphatic heterocycles.